The molecule has 0 unspecified atom stereocenters. The maximum atomic E-state index is 14.0. The van der Waals surface area contributed by atoms with E-state index in [1.165, 1.54) is 17.3 Å². The predicted molar refractivity (Wildman–Crippen MR) is 148 cm³/mol. The predicted octanol–water partition coefficient (Wildman–Crippen LogP) is 3.98. The van der Waals surface area contributed by atoms with Crippen molar-refractivity contribution in [1.82, 2.24) is 25.1 Å². The highest BCUT2D eigenvalue weighted by Crippen LogP contribution is 2.36. The Morgan fingerprint density at radius 3 is 2.50 bits per heavy atom. The summed E-state index contributed by atoms with van der Waals surface area (Å²) < 4.78 is 43.6. The molecule has 2 aromatic heterocycles. The third-order valence-corrected chi connectivity index (χ3v) is 6.15. The van der Waals surface area contributed by atoms with Gasteiger partial charge in [0.25, 0.3) is 0 Å². The van der Waals surface area contributed by atoms with Crippen LogP contribution < -0.4 is 15.5 Å². The Morgan fingerprint density at radius 1 is 1.25 bits per heavy atom. The van der Waals surface area contributed by atoms with Gasteiger partial charge < -0.3 is 30.6 Å². The van der Waals surface area contributed by atoms with Gasteiger partial charge in [0.15, 0.2) is 5.82 Å². The zero-order valence-corrected chi connectivity index (χ0v) is 23.0. The van der Waals surface area contributed by atoms with E-state index in [4.69, 9.17) is 5.41 Å². The summed E-state index contributed by atoms with van der Waals surface area (Å²) in [6, 6.07) is 5.57. The highest BCUT2D eigenvalue weighted by atomic mass is 19.4. The van der Waals surface area contributed by atoms with E-state index in [9.17, 15) is 23.1 Å². The Kier molecular flexibility index (Phi) is 9.64. The molecule has 0 bridgehead atoms. The fourth-order valence-electron chi connectivity index (χ4n) is 4.17. The van der Waals surface area contributed by atoms with Crippen molar-refractivity contribution in [2.24, 2.45) is 13.0 Å². The topological polar surface area (TPSA) is 132 Å². The molecule has 0 aliphatic carbocycles. The van der Waals surface area contributed by atoms with Gasteiger partial charge in [0.05, 0.1) is 23.4 Å². The third-order valence-electron chi connectivity index (χ3n) is 6.15. The molecule has 3 rings (SSSR count). The average Bonchev–Trinajstić information content (AvgIpc) is 3.34. The van der Waals surface area contributed by atoms with Crippen LogP contribution in [0.1, 0.15) is 52.3 Å². The number of nitrogens with one attached hydrogen (secondary N) is 3. The summed E-state index contributed by atoms with van der Waals surface area (Å²) in [6.07, 6.45) is -1.72. The van der Waals surface area contributed by atoms with Crippen LogP contribution in [-0.2, 0) is 26.4 Å². The lowest BCUT2D eigenvalue weighted by molar-refractivity contribution is -0.138. The minimum atomic E-state index is -4.74. The molecule has 214 valence electrons. The number of aliphatic hydroxyl groups is 1. The maximum Gasteiger partial charge on any atom is 0.416 e. The van der Waals surface area contributed by atoms with Crippen molar-refractivity contribution in [2.75, 3.05) is 30.9 Å². The summed E-state index contributed by atoms with van der Waals surface area (Å²) in [5.74, 6) is 1.54. The van der Waals surface area contributed by atoms with Crippen LogP contribution in [0, 0.1) is 11.3 Å². The number of allylic oxidation sites excluding steroid dienone is 1. The first-order chi connectivity index (χ1) is 18.9. The molecule has 0 amide bonds. The van der Waals surface area contributed by atoms with Crippen LogP contribution in [0.3, 0.4) is 0 Å². The lowest BCUT2D eigenvalue weighted by Gasteiger charge is -2.24. The second-order valence-corrected chi connectivity index (χ2v) is 9.66. The van der Waals surface area contributed by atoms with Crippen LogP contribution in [0.15, 0.2) is 30.6 Å². The smallest absolute Gasteiger partial charge is 0.392 e. The summed E-state index contributed by atoms with van der Waals surface area (Å²) in [7, 11) is 5.02. The number of carbonyl (C=O) groups is 1. The molecule has 0 aliphatic rings. The number of nitrogens with zero attached hydrogens (tertiary/aromatic N) is 5. The molecule has 0 aliphatic heterocycles. The minimum absolute atomic E-state index is 0.00660. The highest BCUT2D eigenvalue weighted by molar-refractivity contribution is 6.16. The standard InChI is InChI=1S/C27H33F3N8O2/c1-16(2)11-33-23-8-18(25(32-3)20(10-31)26-36-34-15-38(26)5)9-24(35-23)37(4)12-21-19(14-40)6-17(13-39)7-22(21)27(28,29)30/h6-10,14-16,31-32,39H,11-13H2,1-5H3,(H,33,35)/b25-20+,31-10?. The van der Waals surface area contributed by atoms with E-state index < -0.39 is 18.3 Å². The lowest BCUT2D eigenvalue weighted by Crippen LogP contribution is -2.23. The molecule has 0 radical (unpaired) electrons. The Hall–Kier alpha value is -4.26. The molecular weight excluding hydrogens is 525 g/mol. The van der Waals surface area contributed by atoms with E-state index >= 15 is 0 Å². The monoisotopic (exact) mass is 558 g/mol. The van der Waals surface area contributed by atoms with Gasteiger partial charge in [0.2, 0.25) is 0 Å². The zero-order valence-electron chi connectivity index (χ0n) is 23.0. The second kappa shape index (κ2) is 12.7. The van der Waals surface area contributed by atoms with E-state index in [0.717, 1.165) is 12.3 Å². The number of aromatic nitrogens is 4. The minimum Gasteiger partial charge on any atom is -0.392 e. The number of carbonyl (C=O) groups excluding carboxylic acids is 1. The third kappa shape index (κ3) is 6.84. The van der Waals surface area contributed by atoms with Crippen LogP contribution >= 0.6 is 0 Å². The van der Waals surface area contributed by atoms with Gasteiger partial charge in [-0.2, -0.15) is 13.2 Å². The fraction of sp³-hybridized carbons (Fsp3) is 0.370. The molecule has 0 saturated carbocycles. The first kappa shape index (κ1) is 30.3. The molecule has 0 atom stereocenters. The normalized spacial score (nSPS) is 12.2. The molecule has 4 N–H and O–H groups in total. The number of hydrogen-bond acceptors (Lipinski definition) is 9. The zero-order chi connectivity index (χ0) is 29.6. The Balaban J connectivity index is 2.18. The van der Waals surface area contributed by atoms with E-state index in [-0.39, 0.29) is 29.2 Å². The van der Waals surface area contributed by atoms with Crippen LogP contribution in [0.4, 0.5) is 24.8 Å². The van der Waals surface area contributed by atoms with Crippen molar-refractivity contribution in [2.45, 2.75) is 33.2 Å². The molecule has 0 saturated heterocycles. The first-order valence-electron chi connectivity index (χ1n) is 12.5. The van der Waals surface area contributed by atoms with Crippen molar-refractivity contribution in [3.05, 3.63) is 64.2 Å². The van der Waals surface area contributed by atoms with Gasteiger partial charge in [0, 0.05) is 51.6 Å². The molecule has 40 heavy (non-hydrogen) atoms. The van der Waals surface area contributed by atoms with Gasteiger partial charge in [-0.3, -0.25) is 4.79 Å². The SMILES string of the molecule is CN/C(=C(\C=N)c1nncn1C)c1cc(NCC(C)C)nc(N(C)Cc2c(C=O)cc(CO)cc2C(F)(F)F)c1. The number of rotatable bonds is 12. The van der Waals surface area contributed by atoms with Gasteiger partial charge >= 0.3 is 6.18 Å². The number of aldehydes is 1. The van der Waals surface area contributed by atoms with E-state index in [0.29, 0.717) is 47.1 Å². The molecule has 1 aromatic carbocycles. The lowest BCUT2D eigenvalue weighted by atomic mass is 9.97. The Labute approximate surface area is 230 Å². The highest BCUT2D eigenvalue weighted by Gasteiger charge is 2.35. The van der Waals surface area contributed by atoms with E-state index in [2.05, 4.69) is 25.8 Å². The van der Waals surface area contributed by atoms with Gasteiger partial charge in [0.1, 0.15) is 24.2 Å². The molecular formula is C27H33F3N8O2. The second-order valence-electron chi connectivity index (χ2n) is 9.66. The van der Waals surface area contributed by atoms with Crippen molar-refractivity contribution in [3.8, 4) is 0 Å². The summed E-state index contributed by atoms with van der Waals surface area (Å²) in [4.78, 5) is 17.9. The number of halogens is 3. The van der Waals surface area contributed by atoms with Gasteiger partial charge in [-0.15, -0.1) is 10.2 Å². The van der Waals surface area contributed by atoms with Crippen LogP contribution in [0.5, 0.6) is 0 Å². The maximum absolute atomic E-state index is 14.0. The Morgan fingerprint density at radius 2 is 1.98 bits per heavy atom. The largest absolute Gasteiger partial charge is 0.416 e. The molecule has 3 aromatic rings. The van der Waals surface area contributed by atoms with Crippen molar-refractivity contribution >= 4 is 35.4 Å². The number of alkyl halides is 3. The van der Waals surface area contributed by atoms with E-state index in [1.54, 1.807) is 37.8 Å². The summed E-state index contributed by atoms with van der Waals surface area (Å²) in [5.41, 5.74) is 0.194. The van der Waals surface area contributed by atoms with Crippen LogP contribution in [0.2, 0.25) is 0 Å². The number of hydrogen-bond donors (Lipinski definition) is 4. The Bertz CT molecular complexity index is 1400. The van der Waals surface area contributed by atoms with Crippen LogP contribution in [-0.4, -0.2) is 58.0 Å². The number of benzene rings is 1. The molecule has 10 nitrogen and oxygen atoms in total. The van der Waals surface area contributed by atoms with Crippen molar-refractivity contribution in [1.29, 1.82) is 5.41 Å². The fourth-order valence-corrected chi connectivity index (χ4v) is 4.17. The summed E-state index contributed by atoms with van der Waals surface area (Å²) >= 11 is 0. The molecule has 0 spiro atoms. The summed E-state index contributed by atoms with van der Waals surface area (Å²) in [6.45, 7) is 3.73. The van der Waals surface area contributed by atoms with E-state index in [1.807, 2.05) is 13.8 Å². The van der Waals surface area contributed by atoms with Gasteiger partial charge in [-0.1, -0.05) is 13.8 Å². The number of aliphatic hydroxyl groups excluding tert-OH is 1. The number of pyridine rings is 1. The number of aryl methyl sites for hydroxylation is 1. The molecule has 2 heterocycles. The summed E-state index contributed by atoms with van der Waals surface area (Å²) in [5, 5.41) is 31.8. The quantitative estimate of drug-likeness (QED) is 0.194. The molecule has 0 fully saturated rings. The van der Waals surface area contributed by atoms with Gasteiger partial charge in [-0.05, 0) is 41.3 Å². The van der Waals surface area contributed by atoms with Crippen LogP contribution in [0.25, 0.3) is 11.3 Å². The van der Waals surface area contributed by atoms with Gasteiger partial charge in [-0.25, -0.2) is 4.98 Å². The van der Waals surface area contributed by atoms with Crippen molar-refractivity contribution < 1.29 is 23.1 Å². The average molecular weight is 559 g/mol. The van der Waals surface area contributed by atoms with Crippen molar-refractivity contribution in [3.63, 3.8) is 0 Å². The number of anilines is 2. The first-order valence-corrected chi connectivity index (χ1v) is 12.5. The molecule has 13 heteroatoms.